The van der Waals surface area contributed by atoms with Gasteiger partial charge < -0.3 is 10.8 Å². The molecule has 3 nitrogen and oxygen atoms in total. The molecule has 1 unspecified atom stereocenters. The SMILES string of the molecule is Cc1cc(Br)cc(C(N)C(=O)O)c1C. The fourth-order valence-corrected chi connectivity index (χ4v) is 1.89. The van der Waals surface area contributed by atoms with E-state index in [1.165, 1.54) is 0 Å². The summed E-state index contributed by atoms with van der Waals surface area (Å²) in [5.74, 6) is -1.01. The molecule has 1 atom stereocenters. The smallest absolute Gasteiger partial charge is 0.325 e. The highest BCUT2D eigenvalue weighted by atomic mass is 79.9. The normalized spacial score (nSPS) is 12.6. The molecule has 0 bridgehead atoms. The van der Waals surface area contributed by atoms with Crippen LogP contribution >= 0.6 is 15.9 Å². The van der Waals surface area contributed by atoms with Gasteiger partial charge in [-0.15, -0.1) is 0 Å². The van der Waals surface area contributed by atoms with Gasteiger partial charge in [0.25, 0.3) is 0 Å². The monoisotopic (exact) mass is 257 g/mol. The van der Waals surface area contributed by atoms with Gasteiger partial charge in [-0.3, -0.25) is 4.79 Å². The highest BCUT2D eigenvalue weighted by Crippen LogP contribution is 2.24. The van der Waals surface area contributed by atoms with Crippen molar-refractivity contribution in [3.8, 4) is 0 Å². The van der Waals surface area contributed by atoms with Gasteiger partial charge in [0.15, 0.2) is 0 Å². The summed E-state index contributed by atoms with van der Waals surface area (Å²) in [5, 5.41) is 8.80. The average molecular weight is 258 g/mol. The maximum atomic E-state index is 10.7. The molecule has 76 valence electrons. The summed E-state index contributed by atoms with van der Waals surface area (Å²) in [5.41, 5.74) is 8.18. The summed E-state index contributed by atoms with van der Waals surface area (Å²) in [6.45, 7) is 3.80. The third-order valence-electron chi connectivity index (χ3n) is 2.27. The largest absolute Gasteiger partial charge is 0.480 e. The Labute approximate surface area is 91.1 Å². The number of carboxylic acid groups (broad SMARTS) is 1. The molecule has 0 aliphatic heterocycles. The van der Waals surface area contributed by atoms with Gasteiger partial charge in [-0.1, -0.05) is 15.9 Å². The van der Waals surface area contributed by atoms with Crippen LogP contribution in [-0.4, -0.2) is 11.1 Å². The highest BCUT2D eigenvalue weighted by molar-refractivity contribution is 9.10. The molecule has 1 aromatic rings. The van der Waals surface area contributed by atoms with Crippen molar-refractivity contribution in [2.75, 3.05) is 0 Å². The number of aliphatic carboxylic acids is 1. The quantitative estimate of drug-likeness (QED) is 0.854. The van der Waals surface area contributed by atoms with E-state index in [-0.39, 0.29) is 0 Å². The van der Waals surface area contributed by atoms with E-state index in [2.05, 4.69) is 15.9 Å². The summed E-state index contributed by atoms with van der Waals surface area (Å²) in [4.78, 5) is 10.7. The average Bonchev–Trinajstić information content (AvgIpc) is 2.09. The number of halogens is 1. The number of benzene rings is 1. The van der Waals surface area contributed by atoms with Crippen molar-refractivity contribution in [2.24, 2.45) is 5.73 Å². The summed E-state index contributed by atoms with van der Waals surface area (Å²) < 4.78 is 0.854. The first-order chi connectivity index (χ1) is 6.43. The minimum absolute atomic E-state index is 0.657. The Morgan fingerprint density at radius 1 is 1.50 bits per heavy atom. The maximum absolute atomic E-state index is 10.7. The van der Waals surface area contributed by atoms with E-state index in [4.69, 9.17) is 10.8 Å². The molecule has 3 N–H and O–H groups in total. The van der Waals surface area contributed by atoms with E-state index in [0.717, 1.165) is 15.6 Å². The van der Waals surface area contributed by atoms with Crippen molar-refractivity contribution in [1.82, 2.24) is 0 Å². The van der Waals surface area contributed by atoms with Crippen LogP contribution in [-0.2, 0) is 4.79 Å². The van der Waals surface area contributed by atoms with Gasteiger partial charge in [0.05, 0.1) is 0 Å². The third kappa shape index (κ3) is 2.13. The first-order valence-electron chi connectivity index (χ1n) is 4.18. The Balaban J connectivity index is 3.26. The minimum Gasteiger partial charge on any atom is -0.480 e. The van der Waals surface area contributed by atoms with Gasteiger partial charge >= 0.3 is 5.97 Å². The summed E-state index contributed by atoms with van der Waals surface area (Å²) in [7, 11) is 0. The molecule has 0 aliphatic carbocycles. The molecule has 0 aromatic heterocycles. The van der Waals surface area contributed by atoms with Gasteiger partial charge in [0, 0.05) is 4.47 Å². The lowest BCUT2D eigenvalue weighted by molar-refractivity contribution is -0.138. The van der Waals surface area contributed by atoms with Crippen molar-refractivity contribution in [3.63, 3.8) is 0 Å². The number of aryl methyl sites for hydroxylation is 1. The van der Waals surface area contributed by atoms with Crippen LogP contribution < -0.4 is 5.73 Å². The molecule has 0 spiro atoms. The van der Waals surface area contributed by atoms with Crippen LogP contribution in [0.25, 0.3) is 0 Å². The van der Waals surface area contributed by atoms with E-state index < -0.39 is 12.0 Å². The lowest BCUT2D eigenvalue weighted by atomic mass is 9.98. The molecule has 0 radical (unpaired) electrons. The molecule has 1 rings (SSSR count). The third-order valence-corrected chi connectivity index (χ3v) is 2.73. The number of nitrogens with two attached hydrogens (primary N) is 1. The van der Waals surface area contributed by atoms with Crippen molar-refractivity contribution < 1.29 is 9.90 Å². The molecule has 0 heterocycles. The number of carbonyl (C=O) groups is 1. The molecular formula is C10H12BrNO2. The van der Waals surface area contributed by atoms with Crippen molar-refractivity contribution in [2.45, 2.75) is 19.9 Å². The molecule has 14 heavy (non-hydrogen) atoms. The Hall–Kier alpha value is -0.870. The van der Waals surface area contributed by atoms with Crippen molar-refractivity contribution in [3.05, 3.63) is 33.3 Å². The summed E-state index contributed by atoms with van der Waals surface area (Å²) in [6.07, 6.45) is 0. The van der Waals surface area contributed by atoms with E-state index in [1.807, 2.05) is 19.9 Å². The van der Waals surface area contributed by atoms with Gasteiger partial charge in [0.1, 0.15) is 6.04 Å². The molecule has 0 amide bonds. The zero-order chi connectivity index (χ0) is 10.9. The first kappa shape index (κ1) is 11.2. The van der Waals surface area contributed by atoms with Crippen LogP contribution in [0.15, 0.2) is 16.6 Å². The minimum atomic E-state index is -1.01. The molecule has 0 fully saturated rings. The molecule has 4 heteroatoms. The lowest BCUT2D eigenvalue weighted by Crippen LogP contribution is -2.21. The van der Waals surface area contributed by atoms with Crippen LogP contribution in [0.1, 0.15) is 22.7 Å². The van der Waals surface area contributed by atoms with Crippen molar-refractivity contribution >= 4 is 21.9 Å². The lowest BCUT2D eigenvalue weighted by Gasteiger charge is -2.13. The molecular weight excluding hydrogens is 246 g/mol. The predicted molar refractivity (Wildman–Crippen MR) is 58.2 cm³/mol. The molecule has 0 aliphatic rings. The maximum Gasteiger partial charge on any atom is 0.325 e. The van der Waals surface area contributed by atoms with Crippen LogP contribution in [0.4, 0.5) is 0 Å². The fourth-order valence-electron chi connectivity index (χ4n) is 1.30. The molecule has 0 saturated carbocycles. The second-order valence-corrected chi connectivity index (χ2v) is 4.17. The van der Waals surface area contributed by atoms with E-state index in [9.17, 15) is 4.79 Å². The van der Waals surface area contributed by atoms with Crippen LogP contribution in [0.3, 0.4) is 0 Å². The van der Waals surface area contributed by atoms with Gasteiger partial charge in [-0.05, 0) is 42.7 Å². The Kier molecular flexibility index (Phi) is 3.29. The fraction of sp³-hybridized carbons (Fsp3) is 0.300. The Morgan fingerprint density at radius 3 is 2.57 bits per heavy atom. The second kappa shape index (κ2) is 4.11. The Morgan fingerprint density at radius 2 is 2.07 bits per heavy atom. The number of carboxylic acids is 1. The first-order valence-corrected chi connectivity index (χ1v) is 4.98. The summed E-state index contributed by atoms with van der Waals surface area (Å²) in [6, 6.07) is 2.74. The highest BCUT2D eigenvalue weighted by Gasteiger charge is 2.17. The van der Waals surface area contributed by atoms with Crippen LogP contribution in [0.2, 0.25) is 0 Å². The van der Waals surface area contributed by atoms with Crippen molar-refractivity contribution in [1.29, 1.82) is 0 Å². The number of rotatable bonds is 2. The summed E-state index contributed by atoms with van der Waals surface area (Å²) >= 11 is 3.32. The molecule has 1 aromatic carbocycles. The standard InChI is InChI=1S/C10H12BrNO2/c1-5-3-7(11)4-8(6(5)2)9(12)10(13)14/h3-4,9H,12H2,1-2H3,(H,13,14). The number of hydrogen-bond acceptors (Lipinski definition) is 2. The molecule has 0 saturated heterocycles. The topological polar surface area (TPSA) is 63.3 Å². The van der Waals surface area contributed by atoms with Gasteiger partial charge in [0.2, 0.25) is 0 Å². The van der Waals surface area contributed by atoms with Crippen LogP contribution in [0.5, 0.6) is 0 Å². The predicted octanol–water partition coefficient (Wildman–Crippen LogP) is 2.15. The zero-order valence-electron chi connectivity index (χ0n) is 8.04. The van der Waals surface area contributed by atoms with Crippen LogP contribution in [0, 0.1) is 13.8 Å². The van der Waals surface area contributed by atoms with E-state index in [0.29, 0.717) is 5.56 Å². The number of hydrogen-bond donors (Lipinski definition) is 2. The zero-order valence-corrected chi connectivity index (χ0v) is 9.63. The van der Waals surface area contributed by atoms with E-state index >= 15 is 0 Å². The van der Waals surface area contributed by atoms with E-state index in [1.54, 1.807) is 6.07 Å². The van der Waals surface area contributed by atoms with Gasteiger partial charge in [-0.2, -0.15) is 0 Å². The van der Waals surface area contributed by atoms with Gasteiger partial charge in [-0.25, -0.2) is 0 Å². The second-order valence-electron chi connectivity index (χ2n) is 3.25. The Bertz CT molecular complexity index is 377.